The highest BCUT2D eigenvalue weighted by molar-refractivity contribution is 5.71. The van der Waals surface area contributed by atoms with Crippen LogP contribution in [0.25, 0.3) is 11.1 Å². The molecule has 0 fully saturated rings. The minimum Gasteiger partial charge on any atom is -0.465 e. The zero-order valence-electron chi connectivity index (χ0n) is 13.5. The van der Waals surface area contributed by atoms with Gasteiger partial charge in [0, 0.05) is 17.9 Å². The van der Waals surface area contributed by atoms with Crippen LogP contribution in [-0.4, -0.2) is 0 Å². The van der Waals surface area contributed by atoms with Gasteiger partial charge in [0.2, 0.25) is 0 Å². The van der Waals surface area contributed by atoms with E-state index in [1.807, 2.05) is 0 Å². The Bertz CT molecular complexity index is 736. The molecule has 0 aliphatic rings. The molecular formula is C21H22O. The van der Waals surface area contributed by atoms with Crippen molar-refractivity contribution >= 4 is 0 Å². The van der Waals surface area contributed by atoms with Crippen LogP contribution in [0.3, 0.4) is 0 Å². The van der Waals surface area contributed by atoms with Gasteiger partial charge in [0.05, 0.1) is 0 Å². The van der Waals surface area contributed by atoms with Crippen molar-refractivity contribution in [3.63, 3.8) is 0 Å². The summed E-state index contributed by atoms with van der Waals surface area (Å²) in [7, 11) is 0. The molecule has 0 N–H and O–H groups in total. The molecule has 0 saturated carbocycles. The Labute approximate surface area is 132 Å². The smallest absolute Gasteiger partial charge is 0.116 e. The minimum atomic E-state index is 0.395. The molecule has 3 aromatic rings. The van der Waals surface area contributed by atoms with Crippen LogP contribution in [0.2, 0.25) is 0 Å². The van der Waals surface area contributed by atoms with Gasteiger partial charge < -0.3 is 4.42 Å². The Morgan fingerprint density at radius 2 is 1.45 bits per heavy atom. The Kier molecular flexibility index (Phi) is 4.15. The van der Waals surface area contributed by atoms with Gasteiger partial charge in [-0.25, -0.2) is 0 Å². The van der Waals surface area contributed by atoms with E-state index in [0.29, 0.717) is 5.92 Å². The third-order valence-corrected chi connectivity index (χ3v) is 4.05. The Morgan fingerprint density at radius 3 is 2.05 bits per heavy atom. The molecule has 0 aliphatic carbocycles. The first-order valence-corrected chi connectivity index (χ1v) is 7.88. The third-order valence-electron chi connectivity index (χ3n) is 4.05. The molecule has 2 aromatic carbocycles. The second-order valence-corrected chi connectivity index (χ2v) is 6.07. The van der Waals surface area contributed by atoms with Crippen molar-refractivity contribution in [1.82, 2.24) is 0 Å². The van der Waals surface area contributed by atoms with Gasteiger partial charge in [-0.15, -0.1) is 0 Å². The maximum Gasteiger partial charge on any atom is 0.116 e. The van der Waals surface area contributed by atoms with Gasteiger partial charge in [0.1, 0.15) is 11.5 Å². The zero-order valence-corrected chi connectivity index (χ0v) is 13.5. The van der Waals surface area contributed by atoms with Gasteiger partial charge in [0.25, 0.3) is 0 Å². The monoisotopic (exact) mass is 290 g/mol. The lowest BCUT2D eigenvalue weighted by atomic mass is 9.96. The van der Waals surface area contributed by atoms with Crippen molar-refractivity contribution in [2.24, 2.45) is 0 Å². The molecule has 0 unspecified atom stereocenters. The molecular weight excluding hydrogens is 268 g/mol. The molecule has 112 valence electrons. The van der Waals surface area contributed by atoms with E-state index in [1.165, 1.54) is 22.3 Å². The van der Waals surface area contributed by atoms with Crippen LogP contribution >= 0.6 is 0 Å². The molecule has 0 saturated heterocycles. The predicted molar refractivity (Wildman–Crippen MR) is 92.2 cm³/mol. The SMILES string of the molecule is Cc1c(C(C)C)oc(Cc2ccccc2)c1-c1ccccc1. The fraction of sp³-hybridized carbons (Fsp3) is 0.238. The number of hydrogen-bond acceptors (Lipinski definition) is 1. The average Bonchev–Trinajstić information content (AvgIpc) is 2.86. The molecule has 1 aromatic heterocycles. The fourth-order valence-electron chi connectivity index (χ4n) is 3.03. The van der Waals surface area contributed by atoms with E-state index in [-0.39, 0.29) is 0 Å². The van der Waals surface area contributed by atoms with Crippen molar-refractivity contribution < 1.29 is 4.42 Å². The highest BCUT2D eigenvalue weighted by Crippen LogP contribution is 2.36. The van der Waals surface area contributed by atoms with Crippen LogP contribution in [0.5, 0.6) is 0 Å². The molecule has 0 spiro atoms. The van der Waals surface area contributed by atoms with Crippen LogP contribution < -0.4 is 0 Å². The largest absolute Gasteiger partial charge is 0.465 e. The molecule has 0 radical (unpaired) electrons. The van der Waals surface area contributed by atoms with Crippen LogP contribution in [0, 0.1) is 6.92 Å². The molecule has 1 heterocycles. The second-order valence-electron chi connectivity index (χ2n) is 6.07. The lowest BCUT2D eigenvalue weighted by Gasteiger charge is -2.05. The zero-order chi connectivity index (χ0) is 15.5. The van der Waals surface area contributed by atoms with Crippen LogP contribution in [0.15, 0.2) is 65.1 Å². The van der Waals surface area contributed by atoms with Gasteiger partial charge in [-0.3, -0.25) is 0 Å². The molecule has 0 bridgehead atoms. The highest BCUT2D eigenvalue weighted by Gasteiger charge is 2.20. The standard InChI is InChI=1S/C21H22O/c1-15(2)21-16(3)20(18-12-8-5-9-13-18)19(22-21)14-17-10-6-4-7-11-17/h4-13,15H,14H2,1-3H3. The van der Waals surface area contributed by atoms with Crippen molar-refractivity contribution in [1.29, 1.82) is 0 Å². The molecule has 3 rings (SSSR count). The maximum absolute atomic E-state index is 6.27. The molecule has 0 amide bonds. The first-order chi connectivity index (χ1) is 10.7. The summed E-state index contributed by atoms with van der Waals surface area (Å²) in [6.45, 7) is 6.55. The first kappa shape index (κ1) is 14.6. The normalized spacial score (nSPS) is 11.1. The molecule has 22 heavy (non-hydrogen) atoms. The van der Waals surface area contributed by atoms with Crippen molar-refractivity contribution in [2.75, 3.05) is 0 Å². The average molecular weight is 290 g/mol. The highest BCUT2D eigenvalue weighted by atomic mass is 16.3. The van der Waals surface area contributed by atoms with Crippen molar-refractivity contribution in [3.8, 4) is 11.1 Å². The number of rotatable bonds is 4. The lowest BCUT2D eigenvalue weighted by Crippen LogP contribution is -1.89. The summed E-state index contributed by atoms with van der Waals surface area (Å²) >= 11 is 0. The van der Waals surface area contributed by atoms with Gasteiger partial charge in [-0.05, 0) is 23.6 Å². The number of furan rings is 1. The summed E-state index contributed by atoms with van der Waals surface area (Å²) < 4.78 is 6.27. The molecule has 0 aliphatic heterocycles. The van der Waals surface area contributed by atoms with Gasteiger partial charge >= 0.3 is 0 Å². The van der Waals surface area contributed by atoms with E-state index in [4.69, 9.17) is 4.42 Å². The second kappa shape index (κ2) is 6.23. The minimum absolute atomic E-state index is 0.395. The third kappa shape index (κ3) is 2.85. The summed E-state index contributed by atoms with van der Waals surface area (Å²) in [6.07, 6.45) is 0.832. The van der Waals surface area contributed by atoms with Gasteiger partial charge in [-0.1, -0.05) is 74.5 Å². The van der Waals surface area contributed by atoms with Crippen LogP contribution in [0.4, 0.5) is 0 Å². The summed E-state index contributed by atoms with van der Waals surface area (Å²) in [5, 5.41) is 0. The first-order valence-electron chi connectivity index (χ1n) is 7.88. The van der Waals surface area contributed by atoms with Gasteiger partial charge in [-0.2, -0.15) is 0 Å². The quantitative estimate of drug-likeness (QED) is 0.577. The maximum atomic E-state index is 6.27. The molecule has 1 heteroatoms. The number of benzene rings is 2. The predicted octanol–water partition coefficient (Wildman–Crippen LogP) is 5.97. The summed E-state index contributed by atoms with van der Waals surface area (Å²) in [5.74, 6) is 2.57. The van der Waals surface area contributed by atoms with E-state index >= 15 is 0 Å². The number of hydrogen-bond donors (Lipinski definition) is 0. The van der Waals surface area contributed by atoms with E-state index in [2.05, 4.69) is 81.4 Å². The molecule has 0 atom stereocenters. The fourth-order valence-corrected chi connectivity index (χ4v) is 3.03. The summed E-state index contributed by atoms with van der Waals surface area (Å²) in [6, 6.07) is 21.1. The Balaban J connectivity index is 2.10. The van der Waals surface area contributed by atoms with Gasteiger partial charge in [0.15, 0.2) is 0 Å². The van der Waals surface area contributed by atoms with E-state index < -0.39 is 0 Å². The summed E-state index contributed by atoms with van der Waals surface area (Å²) in [4.78, 5) is 0. The van der Waals surface area contributed by atoms with E-state index in [9.17, 15) is 0 Å². The van der Waals surface area contributed by atoms with E-state index in [1.54, 1.807) is 0 Å². The van der Waals surface area contributed by atoms with Crippen molar-refractivity contribution in [3.05, 3.63) is 83.3 Å². The van der Waals surface area contributed by atoms with Crippen molar-refractivity contribution in [2.45, 2.75) is 33.1 Å². The Morgan fingerprint density at radius 1 is 0.864 bits per heavy atom. The Hall–Kier alpha value is -2.28. The topological polar surface area (TPSA) is 13.1 Å². The van der Waals surface area contributed by atoms with E-state index in [0.717, 1.165) is 17.9 Å². The summed E-state index contributed by atoms with van der Waals surface area (Å²) in [5.41, 5.74) is 5.05. The van der Waals surface area contributed by atoms with Crippen LogP contribution in [-0.2, 0) is 6.42 Å². The molecule has 1 nitrogen and oxygen atoms in total. The van der Waals surface area contributed by atoms with Crippen LogP contribution in [0.1, 0.15) is 42.4 Å². The lowest BCUT2D eigenvalue weighted by molar-refractivity contribution is 0.453.